The van der Waals surface area contributed by atoms with Gasteiger partial charge in [-0.05, 0) is 38.8 Å². The number of carbonyl (C=O) groups excluding carboxylic acids is 3. The summed E-state index contributed by atoms with van der Waals surface area (Å²) in [5, 5.41) is 9.10. The maximum absolute atomic E-state index is 13.7. The van der Waals surface area contributed by atoms with E-state index in [0.29, 0.717) is 12.1 Å². The van der Waals surface area contributed by atoms with Crippen LogP contribution in [0.25, 0.3) is 0 Å². The minimum atomic E-state index is -0.944. The SMILES string of the molecule is CCOC(=O)C(=CC(=O)C1CCC2C(=N1)C=CC(F)=C2C#N)C(=O)OCC. The highest BCUT2D eigenvalue weighted by Gasteiger charge is 2.33. The molecule has 1 heterocycles. The zero-order valence-electron chi connectivity index (χ0n) is 15.0. The van der Waals surface area contributed by atoms with Crippen molar-refractivity contribution in [3.8, 4) is 6.07 Å². The van der Waals surface area contributed by atoms with Gasteiger partial charge in [-0.25, -0.2) is 14.0 Å². The van der Waals surface area contributed by atoms with Crippen LogP contribution in [0.4, 0.5) is 4.39 Å². The number of rotatable bonds is 6. The number of ether oxygens (including phenoxy) is 2. The Kier molecular flexibility index (Phi) is 6.77. The van der Waals surface area contributed by atoms with Gasteiger partial charge in [0.25, 0.3) is 0 Å². The van der Waals surface area contributed by atoms with Gasteiger partial charge in [0.15, 0.2) is 5.78 Å². The summed E-state index contributed by atoms with van der Waals surface area (Å²) in [6, 6.07) is 1.01. The molecule has 0 aromatic rings. The molecule has 2 aliphatic rings. The van der Waals surface area contributed by atoms with Gasteiger partial charge in [-0.2, -0.15) is 5.26 Å². The van der Waals surface area contributed by atoms with Crippen LogP contribution in [0.15, 0.2) is 40.2 Å². The number of fused-ring (bicyclic) bond motifs is 1. The largest absolute Gasteiger partial charge is 0.462 e. The minimum absolute atomic E-state index is 0.00331. The fourth-order valence-corrected chi connectivity index (χ4v) is 2.87. The van der Waals surface area contributed by atoms with E-state index in [1.807, 2.05) is 6.07 Å². The topological polar surface area (TPSA) is 106 Å². The lowest BCUT2D eigenvalue weighted by atomic mass is 9.82. The van der Waals surface area contributed by atoms with Crippen LogP contribution in [0.3, 0.4) is 0 Å². The van der Waals surface area contributed by atoms with Gasteiger partial charge in [0, 0.05) is 17.7 Å². The first-order chi connectivity index (χ1) is 12.9. The Balaban J connectivity index is 2.27. The van der Waals surface area contributed by atoms with Crippen LogP contribution in [0, 0.1) is 17.2 Å². The van der Waals surface area contributed by atoms with E-state index in [2.05, 4.69) is 4.99 Å². The second-order valence-electron chi connectivity index (χ2n) is 5.81. The summed E-state index contributed by atoms with van der Waals surface area (Å²) in [5.41, 5.74) is -0.0648. The van der Waals surface area contributed by atoms with Crippen LogP contribution < -0.4 is 0 Å². The molecule has 2 unspecified atom stereocenters. The molecular weight excluding hydrogens is 355 g/mol. The highest BCUT2D eigenvalue weighted by atomic mass is 19.1. The summed E-state index contributed by atoms with van der Waals surface area (Å²) < 4.78 is 23.3. The summed E-state index contributed by atoms with van der Waals surface area (Å²) in [6.07, 6.45) is 4.08. The van der Waals surface area contributed by atoms with Crippen molar-refractivity contribution < 1.29 is 28.2 Å². The Labute approximate surface area is 155 Å². The molecule has 0 aromatic carbocycles. The molecular formula is C19H19FN2O5. The smallest absolute Gasteiger partial charge is 0.345 e. The first kappa shape index (κ1) is 20.2. The molecule has 8 heteroatoms. The standard InChI is InChI=1S/C19H19FN2O5/c1-3-26-18(24)12(19(25)27-4-2)9-17(23)16-7-5-11-13(10-21)14(20)6-8-15(11)22-16/h6,8-9,11,16H,3-5,7H2,1-2H3. The van der Waals surface area contributed by atoms with Crippen LogP contribution in [-0.2, 0) is 23.9 Å². The minimum Gasteiger partial charge on any atom is -0.462 e. The maximum Gasteiger partial charge on any atom is 0.345 e. The molecule has 2 rings (SSSR count). The number of hydrogen-bond donors (Lipinski definition) is 0. The second kappa shape index (κ2) is 9.03. The number of carbonyl (C=O) groups is 3. The zero-order valence-corrected chi connectivity index (χ0v) is 15.0. The molecule has 0 fully saturated rings. The van der Waals surface area contributed by atoms with Crippen LogP contribution in [-0.4, -0.2) is 42.7 Å². The monoisotopic (exact) mass is 374 g/mol. The van der Waals surface area contributed by atoms with Gasteiger partial charge >= 0.3 is 11.9 Å². The molecule has 27 heavy (non-hydrogen) atoms. The van der Waals surface area contributed by atoms with Crippen molar-refractivity contribution in [1.29, 1.82) is 5.26 Å². The van der Waals surface area contributed by atoms with Gasteiger partial charge in [-0.15, -0.1) is 0 Å². The van der Waals surface area contributed by atoms with Crippen LogP contribution in [0.5, 0.6) is 0 Å². The van der Waals surface area contributed by atoms with Crippen molar-refractivity contribution in [1.82, 2.24) is 0 Å². The molecule has 0 saturated heterocycles. The number of halogens is 1. The molecule has 1 aliphatic heterocycles. The van der Waals surface area contributed by atoms with Crippen molar-refractivity contribution >= 4 is 23.4 Å². The molecule has 0 spiro atoms. The molecule has 0 amide bonds. The number of aliphatic imine (C=N–C) groups is 1. The van der Waals surface area contributed by atoms with Crippen molar-refractivity contribution in [3.63, 3.8) is 0 Å². The Morgan fingerprint density at radius 1 is 1.22 bits per heavy atom. The predicted octanol–water partition coefficient (Wildman–Crippen LogP) is 2.14. The zero-order chi connectivity index (χ0) is 20.0. The van der Waals surface area contributed by atoms with E-state index in [4.69, 9.17) is 14.7 Å². The molecule has 2 atom stereocenters. The summed E-state index contributed by atoms with van der Waals surface area (Å²) in [4.78, 5) is 40.7. The maximum atomic E-state index is 13.7. The molecule has 142 valence electrons. The summed E-state index contributed by atoms with van der Waals surface area (Å²) >= 11 is 0. The Morgan fingerprint density at radius 2 is 1.85 bits per heavy atom. The first-order valence-electron chi connectivity index (χ1n) is 8.58. The third kappa shape index (κ3) is 4.56. The molecule has 1 aliphatic carbocycles. The van der Waals surface area contributed by atoms with E-state index < -0.39 is 41.1 Å². The van der Waals surface area contributed by atoms with E-state index in [1.165, 1.54) is 6.08 Å². The predicted molar refractivity (Wildman–Crippen MR) is 93.2 cm³/mol. The highest BCUT2D eigenvalue weighted by Crippen LogP contribution is 2.32. The third-order valence-electron chi connectivity index (χ3n) is 4.12. The quantitative estimate of drug-likeness (QED) is 0.305. The molecule has 0 bridgehead atoms. The van der Waals surface area contributed by atoms with Crippen molar-refractivity contribution in [2.75, 3.05) is 13.2 Å². The van der Waals surface area contributed by atoms with Crippen LogP contribution in [0.1, 0.15) is 26.7 Å². The van der Waals surface area contributed by atoms with E-state index in [1.54, 1.807) is 13.8 Å². The summed E-state index contributed by atoms with van der Waals surface area (Å²) in [5.74, 6) is -3.53. The molecule has 0 saturated carbocycles. The second-order valence-corrected chi connectivity index (χ2v) is 5.81. The van der Waals surface area contributed by atoms with Gasteiger partial charge in [-0.3, -0.25) is 9.79 Å². The summed E-state index contributed by atoms with van der Waals surface area (Å²) in [7, 11) is 0. The number of nitrogens with zero attached hydrogens (tertiary/aromatic N) is 2. The Bertz CT molecular complexity index is 796. The summed E-state index contributed by atoms with van der Waals surface area (Å²) in [6.45, 7) is 3.22. The van der Waals surface area contributed by atoms with Gasteiger partial charge in [0.2, 0.25) is 0 Å². The van der Waals surface area contributed by atoms with E-state index in [0.717, 1.165) is 12.2 Å². The lowest BCUT2D eigenvalue weighted by molar-refractivity contribution is -0.146. The Morgan fingerprint density at radius 3 is 2.41 bits per heavy atom. The van der Waals surface area contributed by atoms with E-state index in [9.17, 15) is 18.8 Å². The third-order valence-corrected chi connectivity index (χ3v) is 4.12. The number of nitriles is 1. The normalized spacial score (nSPS) is 20.7. The highest BCUT2D eigenvalue weighted by molar-refractivity contribution is 6.18. The van der Waals surface area contributed by atoms with E-state index >= 15 is 0 Å². The molecule has 0 aromatic heterocycles. The van der Waals surface area contributed by atoms with Crippen LogP contribution >= 0.6 is 0 Å². The average Bonchev–Trinajstić information content (AvgIpc) is 2.65. The number of esters is 2. The van der Waals surface area contributed by atoms with Gasteiger partial charge in [-0.1, -0.05) is 0 Å². The van der Waals surface area contributed by atoms with Crippen molar-refractivity contribution in [3.05, 3.63) is 35.2 Å². The average molecular weight is 374 g/mol. The lowest BCUT2D eigenvalue weighted by Gasteiger charge is -2.27. The molecule has 0 N–H and O–H groups in total. The fourth-order valence-electron chi connectivity index (χ4n) is 2.87. The van der Waals surface area contributed by atoms with Crippen molar-refractivity contribution in [2.24, 2.45) is 10.9 Å². The lowest BCUT2D eigenvalue weighted by Crippen LogP contribution is -2.31. The number of ketones is 1. The molecule has 7 nitrogen and oxygen atoms in total. The number of allylic oxidation sites excluding steroid dienone is 4. The first-order valence-corrected chi connectivity index (χ1v) is 8.58. The van der Waals surface area contributed by atoms with Gasteiger partial charge in [0.05, 0.1) is 24.9 Å². The van der Waals surface area contributed by atoms with Crippen molar-refractivity contribution in [2.45, 2.75) is 32.7 Å². The number of hydrogen-bond acceptors (Lipinski definition) is 7. The van der Waals surface area contributed by atoms with Gasteiger partial charge < -0.3 is 9.47 Å². The van der Waals surface area contributed by atoms with Crippen LogP contribution in [0.2, 0.25) is 0 Å². The Hall–Kier alpha value is -3.08. The molecule has 0 radical (unpaired) electrons. The fraction of sp³-hybridized carbons (Fsp3) is 0.421. The van der Waals surface area contributed by atoms with Gasteiger partial charge in [0.1, 0.15) is 17.4 Å². The van der Waals surface area contributed by atoms with E-state index in [-0.39, 0.29) is 25.2 Å².